The number of carbonyl (C=O) groups is 2. The summed E-state index contributed by atoms with van der Waals surface area (Å²) in [6, 6.07) is 11.9. The molecule has 2 N–H and O–H groups in total. The summed E-state index contributed by atoms with van der Waals surface area (Å²) in [7, 11) is 0. The number of rotatable bonds is 7. The minimum atomic E-state index is -0.274. The first-order chi connectivity index (χ1) is 12.0. The van der Waals surface area contributed by atoms with Crippen LogP contribution in [0.15, 0.2) is 42.5 Å². The summed E-state index contributed by atoms with van der Waals surface area (Å²) < 4.78 is 11.0. The summed E-state index contributed by atoms with van der Waals surface area (Å²) in [5.41, 5.74) is 1.65. The lowest BCUT2D eigenvalue weighted by atomic mass is 10.2. The first kappa shape index (κ1) is 18.3. The van der Waals surface area contributed by atoms with Crippen molar-refractivity contribution in [2.24, 2.45) is 0 Å². The molecule has 0 radical (unpaired) electrons. The molecule has 2 amide bonds. The number of amides is 2. The van der Waals surface area contributed by atoms with Crippen LogP contribution in [0.1, 0.15) is 31.1 Å². The lowest BCUT2D eigenvalue weighted by molar-refractivity contribution is -0.114. The highest BCUT2D eigenvalue weighted by Crippen LogP contribution is 2.30. The predicted molar refractivity (Wildman–Crippen MR) is 97.5 cm³/mol. The largest absolute Gasteiger partial charge is 0.494 e. The number of ether oxygens (including phenoxy) is 2. The minimum Gasteiger partial charge on any atom is -0.494 e. The van der Waals surface area contributed by atoms with Crippen molar-refractivity contribution in [1.29, 1.82) is 0 Å². The van der Waals surface area contributed by atoms with E-state index in [1.54, 1.807) is 42.5 Å². The Hall–Kier alpha value is -3.02. The van der Waals surface area contributed by atoms with Gasteiger partial charge in [0.2, 0.25) is 5.91 Å². The van der Waals surface area contributed by atoms with Crippen LogP contribution in [0.2, 0.25) is 0 Å². The molecule has 0 bridgehead atoms. The molecule has 0 spiro atoms. The molecule has 0 heterocycles. The summed E-state index contributed by atoms with van der Waals surface area (Å²) in [5.74, 6) is 0.798. The van der Waals surface area contributed by atoms with Gasteiger partial charge < -0.3 is 20.1 Å². The Labute approximate surface area is 147 Å². The average molecular weight is 342 g/mol. The van der Waals surface area contributed by atoms with Gasteiger partial charge in [-0.1, -0.05) is 0 Å². The van der Waals surface area contributed by atoms with Gasteiger partial charge in [0.15, 0.2) is 0 Å². The van der Waals surface area contributed by atoms with E-state index in [0.717, 1.165) is 0 Å². The third-order valence-corrected chi connectivity index (χ3v) is 3.28. The Morgan fingerprint density at radius 1 is 0.920 bits per heavy atom. The molecule has 0 atom stereocenters. The van der Waals surface area contributed by atoms with Crippen molar-refractivity contribution < 1.29 is 19.1 Å². The van der Waals surface area contributed by atoms with Gasteiger partial charge in [0.05, 0.1) is 18.9 Å². The number of anilines is 2. The smallest absolute Gasteiger partial charge is 0.255 e. The zero-order chi connectivity index (χ0) is 18.2. The number of benzene rings is 2. The summed E-state index contributed by atoms with van der Waals surface area (Å²) in [6.45, 7) is 6.23. The number of carbonyl (C=O) groups excluding carboxylic acids is 2. The predicted octanol–water partition coefficient (Wildman–Crippen LogP) is 3.69. The van der Waals surface area contributed by atoms with Crippen molar-refractivity contribution in [2.75, 3.05) is 23.8 Å². The normalized spacial score (nSPS) is 10.0. The molecule has 0 aliphatic heterocycles. The maximum atomic E-state index is 12.5. The van der Waals surface area contributed by atoms with Gasteiger partial charge in [0, 0.05) is 24.2 Å². The Morgan fingerprint density at radius 2 is 1.60 bits per heavy atom. The van der Waals surface area contributed by atoms with E-state index in [1.807, 2.05) is 13.8 Å². The van der Waals surface area contributed by atoms with Gasteiger partial charge in [0.25, 0.3) is 5.91 Å². The van der Waals surface area contributed by atoms with Gasteiger partial charge in [-0.3, -0.25) is 9.59 Å². The Kier molecular flexibility index (Phi) is 6.39. The summed E-state index contributed by atoms with van der Waals surface area (Å²) >= 11 is 0. The van der Waals surface area contributed by atoms with Crippen molar-refractivity contribution in [1.82, 2.24) is 0 Å². The fourth-order valence-electron chi connectivity index (χ4n) is 2.25. The molecule has 25 heavy (non-hydrogen) atoms. The molecule has 0 saturated carbocycles. The highest BCUT2D eigenvalue weighted by atomic mass is 16.5. The van der Waals surface area contributed by atoms with Crippen LogP contribution in [0.4, 0.5) is 11.4 Å². The number of nitrogens with one attached hydrogen (secondary N) is 2. The van der Waals surface area contributed by atoms with Gasteiger partial charge in [-0.2, -0.15) is 0 Å². The Balaban J connectivity index is 2.17. The van der Waals surface area contributed by atoms with Crippen LogP contribution in [0, 0.1) is 0 Å². The van der Waals surface area contributed by atoms with Gasteiger partial charge >= 0.3 is 0 Å². The van der Waals surface area contributed by atoms with E-state index in [2.05, 4.69) is 10.6 Å². The van der Waals surface area contributed by atoms with Crippen LogP contribution in [0.25, 0.3) is 0 Å². The fraction of sp³-hybridized carbons (Fsp3) is 0.263. The van der Waals surface area contributed by atoms with E-state index >= 15 is 0 Å². The van der Waals surface area contributed by atoms with Gasteiger partial charge in [-0.05, 0) is 50.2 Å². The van der Waals surface area contributed by atoms with Gasteiger partial charge in [0.1, 0.15) is 11.5 Å². The van der Waals surface area contributed by atoms with Crippen LogP contribution in [-0.2, 0) is 4.79 Å². The molecular weight excluding hydrogens is 320 g/mol. The van der Waals surface area contributed by atoms with Crippen LogP contribution < -0.4 is 20.1 Å². The highest BCUT2D eigenvalue weighted by molar-refractivity contribution is 6.05. The molecule has 0 fully saturated rings. The summed E-state index contributed by atoms with van der Waals surface area (Å²) in [6.07, 6.45) is 0. The second-order valence-electron chi connectivity index (χ2n) is 5.24. The highest BCUT2D eigenvalue weighted by Gasteiger charge is 2.12. The van der Waals surface area contributed by atoms with E-state index in [-0.39, 0.29) is 11.8 Å². The number of hydrogen-bond acceptors (Lipinski definition) is 4. The molecular formula is C19H22N2O4. The van der Waals surface area contributed by atoms with E-state index in [4.69, 9.17) is 9.47 Å². The first-order valence-corrected chi connectivity index (χ1v) is 8.12. The van der Waals surface area contributed by atoms with Crippen molar-refractivity contribution >= 4 is 23.2 Å². The van der Waals surface area contributed by atoms with Crippen LogP contribution in [0.3, 0.4) is 0 Å². The zero-order valence-electron chi connectivity index (χ0n) is 14.6. The lowest BCUT2D eigenvalue weighted by Gasteiger charge is -2.13. The van der Waals surface area contributed by atoms with E-state index in [9.17, 15) is 9.59 Å². The third-order valence-electron chi connectivity index (χ3n) is 3.28. The second kappa shape index (κ2) is 8.73. The monoisotopic (exact) mass is 342 g/mol. The number of hydrogen-bond donors (Lipinski definition) is 2. The van der Waals surface area contributed by atoms with E-state index < -0.39 is 0 Å². The van der Waals surface area contributed by atoms with E-state index in [1.165, 1.54) is 6.92 Å². The second-order valence-corrected chi connectivity index (χ2v) is 5.24. The molecule has 0 unspecified atom stereocenters. The third kappa shape index (κ3) is 5.24. The van der Waals surface area contributed by atoms with Crippen LogP contribution in [-0.4, -0.2) is 25.0 Å². The summed E-state index contributed by atoms with van der Waals surface area (Å²) in [5, 5.41) is 5.50. The molecule has 0 saturated heterocycles. The molecule has 0 aromatic heterocycles. The summed E-state index contributed by atoms with van der Waals surface area (Å²) in [4.78, 5) is 23.5. The minimum absolute atomic E-state index is 0.161. The molecule has 6 heteroatoms. The van der Waals surface area contributed by atoms with Crippen molar-refractivity contribution in [3.05, 3.63) is 48.0 Å². The maximum Gasteiger partial charge on any atom is 0.255 e. The Bertz CT molecular complexity index is 742. The topological polar surface area (TPSA) is 76.7 Å². The molecule has 0 aliphatic rings. The molecule has 6 nitrogen and oxygen atoms in total. The zero-order valence-corrected chi connectivity index (χ0v) is 14.6. The van der Waals surface area contributed by atoms with Crippen molar-refractivity contribution in [3.8, 4) is 11.5 Å². The first-order valence-electron chi connectivity index (χ1n) is 8.12. The molecule has 2 aromatic carbocycles. The van der Waals surface area contributed by atoms with E-state index in [0.29, 0.717) is 41.7 Å². The SMILES string of the molecule is CCOc1ccc(OCC)c(NC(=O)c2ccc(NC(C)=O)cc2)c1. The van der Waals surface area contributed by atoms with Crippen LogP contribution >= 0.6 is 0 Å². The fourth-order valence-corrected chi connectivity index (χ4v) is 2.25. The molecule has 2 rings (SSSR count). The maximum absolute atomic E-state index is 12.5. The molecule has 132 valence electrons. The lowest BCUT2D eigenvalue weighted by Crippen LogP contribution is -2.13. The molecule has 0 aliphatic carbocycles. The van der Waals surface area contributed by atoms with Gasteiger partial charge in [-0.25, -0.2) is 0 Å². The van der Waals surface area contributed by atoms with Crippen LogP contribution in [0.5, 0.6) is 11.5 Å². The standard InChI is InChI=1S/C19H22N2O4/c1-4-24-16-10-11-18(25-5-2)17(12-16)21-19(23)14-6-8-15(9-7-14)20-13(3)22/h6-12H,4-5H2,1-3H3,(H,20,22)(H,21,23). The Morgan fingerprint density at radius 3 is 2.20 bits per heavy atom. The van der Waals surface area contributed by atoms with Crippen molar-refractivity contribution in [3.63, 3.8) is 0 Å². The molecule has 2 aromatic rings. The average Bonchev–Trinajstić information content (AvgIpc) is 2.57. The van der Waals surface area contributed by atoms with Gasteiger partial charge in [-0.15, -0.1) is 0 Å². The van der Waals surface area contributed by atoms with Crippen molar-refractivity contribution in [2.45, 2.75) is 20.8 Å². The quantitative estimate of drug-likeness (QED) is 0.804.